The summed E-state index contributed by atoms with van der Waals surface area (Å²) >= 11 is 1.74. The smallest absolute Gasteiger partial charge is 0.203 e. The number of nitrogens with one attached hydrogen (secondary N) is 1. The number of imidazole rings is 1. The number of nitrogens with zero attached hydrogens (tertiary/aromatic N) is 2. The third-order valence-electron chi connectivity index (χ3n) is 3.01. The van der Waals surface area contributed by atoms with Gasteiger partial charge in [-0.05, 0) is 42.7 Å². The zero-order chi connectivity index (χ0) is 13.7. The van der Waals surface area contributed by atoms with Gasteiger partial charge in [-0.15, -0.1) is 0 Å². The van der Waals surface area contributed by atoms with E-state index >= 15 is 0 Å². The number of anilines is 1. The van der Waals surface area contributed by atoms with Crippen molar-refractivity contribution in [3.8, 4) is 0 Å². The maximum atomic E-state index is 5.21. The van der Waals surface area contributed by atoms with Gasteiger partial charge in [0.15, 0.2) is 0 Å². The number of ether oxygens (including phenoxy) is 1. The first-order valence-electron chi connectivity index (χ1n) is 6.50. The molecule has 0 spiro atoms. The van der Waals surface area contributed by atoms with Crippen LogP contribution in [0.4, 0.5) is 5.95 Å². The topological polar surface area (TPSA) is 39.1 Å². The fraction of sp³-hybridized carbons (Fsp3) is 0.500. The van der Waals surface area contributed by atoms with Crippen LogP contribution in [-0.4, -0.2) is 29.8 Å². The molecule has 0 aromatic carbocycles. The van der Waals surface area contributed by atoms with Gasteiger partial charge in [-0.2, -0.15) is 11.3 Å². The van der Waals surface area contributed by atoms with E-state index in [4.69, 9.17) is 4.74 Å². The largest absolute Gasteiger partial charge is 0.383 e. The molecule has 0 saturated carbocycles. The van der Waals surface area contributed by atoms with Gasteiger partial charge in [0.25, 0.3) is 0 Å². The molecule has 2 heterocycles. The quantitative estimate of drug-likeness (QED) is 0.846. The van der Waals surface area contributed by atoms with Gasteiger partial charge in [-0.3, -0.25) is 0 Å². The Morgan fingerprint density at radius 3 is 3.05 bits per heavy atom. The van der Waals surface area contributed by atoms with E-state index in [0.29, 0.717) is 6.61 Å². The van der Waals surface area contributed by atoms with Crippen molar-refractivity contribution in [1.82, 2.24) is 9.55 Å². The van der Waals surface area contributed by atoms with Crippen LogP contribution in [0.15, 0.2) is 23.0 Å². The molecule has 5 heteroatoms. The van der Waals surface area contributed by atoms with Crippen LogP contribution in [0.3, 0.4) is 0 Å². The molecule has 2 aromatic rings. The number of thiophene rings is 1. The molecule has 104 valence electrons. The summed E-state index contributed by atoms with van der Waals surface area (Å²) < 4.78 is 7.36. The molecule has 2 rings (SSSR count). The second-order valence-corrected chi connectivity index (χ2v) is 5.51. The summed E-state index contributed by atoms with van der Waals surface area (Å²) in [5.74, 6) is 0.928. The average molecular weight is 279 g/mol. The molecule has 0 saturated heterocycles. The minimum absolute atomic E-state index is 0.287. The lowest BCUT2D eigenvalue weighted by atomic mass is 10.2. The van der Waals surface area contributed by atoms with Crippen LogP contribution in [0, 0.1) is 6.92 Å². The molecule has 0 aliphatic rings. The molecule has 1 atom stereocenters. The zero-order valence-electron chi connectivity index (χ0n) is 11.7. The van der Waals surface area contributed by atoms with Crippen LogP contribution in [0.25, 0.3) is 0 Å². The number of hydrogen-bond donors (Lipinski definition) is 1. The Morgan fingerprint density at radius 1 is 1.53 bits per heavy atom. The molecule has 0 radical (unpaired) electrons. The summed E-state index contributed by atoms with van der Waals surface area (Å²) in [5, 5.41) is 7.71. The molecule has 0 aliphatic carbocycles. The first-order chi connectivity index (χ1) is 9.20. The summed E-state index contributed by atoms with van der Waals surface area (Å²) in [4.78, 5) is 4.53. The van der Waals surface area contributed by atoms with Crippen molar-refractivity contribution in [3.05, 3.63) is 34.3 Å². The Morgan fingerprint density at radius 2 is 2.37 bits per heavy atom. The van der Waals surface area contributed by atoms with Crippen LogP contribution in [-0.2, 0) is 11.2 Å². The minimum atomic E-state index is 0.287. The summed E-state index contributed by atoms with van der Waals surface area (Å²) in [6.45, 7) is 5.73. The lowest BCUT2D eigenvalue weighted by molar-refractivity contribution is 0.163. The Kier molecular flexibility index (Phi) is 4.99. The first-order valence-corrected chi connectivity index (χ1v) is 7.44. The maximum absolute atomic E-state index is 5.21. The van der Waals surface area contributed by atoms with E-state index in [2.05, 4.69) is 44.8 Å². The number of hydrogen-bond acceptors (Lipinski definition) is 4. The second kappa shape index (κ2) is 6.73. The molecule has 0 fully saturated rings. The number of aromatic nitrogens is 2. The molecule has 19 heavy (non-hydrogen) atoms. The Bertz CT molecular complexity index is 493. The number of rotatable bonds is 7. The van der Waals surface area contributed by atoms with Crippen LogP contribution in [0.2, 0.25) is 0 Å². The maximum Gasteiger partial charge on any atom is 0.203 e. The van der Waals surface area contributed by atoms with Gasteiger partial charge in [0.1, 0.15) is 0 Å². The summed E-state index contributed by atoms with van der Waals surface area (Å²) in [6.07, 6.45) is 3.09. The summed E-state index contributed by atoms with van der Waals surface area (Å²) in [7, 11) is 1.73. The summed E-state index contributed by atoms with van der Waals surface area (Å²) in [5.41, 5.74) is 2.40. The Balaban J connectivity index is 1.95. The normalized spacial score (nSPS) is 12.6. The molecule has 0 bridgehead atoms. The lowest BCUT2D eigenvalue weighted by Gasteiger charge is -2.16. The molecule has 1 unspecified atom stereocenters. The summed E-state index contributed by atoms with van der Waals surface area (Å²) in [6, 6.07) is 2.45. The van der Waals surface area contributed by atoms with E-state index in [1.807, 2.05) is 6.92 Å². The first kappa shape index (κ1) is 14.1. The molecule has 1 N–H and O–H groups in total. The molecular weight excluding hydrogens is 258 g/mol. The highest BCUT2D eigenvalue weighted by Crippen LogP contribution is 2.16. The standard InChI is InChI=1S/C14H21N3OS/c1-11-8-17(12(2)9-18-3)14(16-11)15-6-4-13-5-7-19-10-13/h5,7-8,10,12H,4,6,9H2,1-3H3,(H,15,16). The van der Waals surface area contributed by atoms with Gasteiger partial charge < -0.3 is 14.6 Å². The van der Waals surface area contributed by atoms with Crippen LogP contribution in [0.1, 0.15) is 24.2 Å². The second-order valence-electron chi connectivity index (χ2n) is 4.73. The van der Waals surface area contributed by atoms with Crippen LogP contribution in [0.5, 0.6) is 0 Å². The Hall–Kier alpha value is -1.33. The van der Waals surface area contributed by atoms with E-state index in [1.165, 1.54) is 5.56 Å². The molecule has 2 aromatic heterocycles. The van der Waals surface area contributed by atoms with E-state index in [1.54, 1.807) is 18.4 Å². The molecular formula is C14H21N3OS. The van der Waals surface area contributed by atoms with Crippen molar-refractivity contribution in [2.75, 3.05) is 25.6 Å². The SMILES string of the molecule is COCC(C)n1cc(C)nc1NCCc1ccsc1. The fourth-order valence-corrected chi connectivity index (χ4v) is 2.76. The number of aryl methyl sites for hydroxylation is 1. The average Bonchev–Trinajstić information content (AvgIpc) is 2.99. The van der Waals surface area contributed by atoms with Crippen molar-refractivity contribution in [2.24, 2.45) is 0 Å². The highest BCUT2D eigenvalue weighted by atomic mass is 32.1. The van der Waals surface area contributed by atoms with Crippen LogP contribution < -0.4 is 5.32 Å². The zero-order valence-corrected chi connectivity index (χ0v) is 12.5. The number of methoxy groups -OCH3 is 1. The van der Waals surface area contributed by atoms with E-state index in [0.717, 1.165) is 24.6 Å². The van der Waals surface area contributed by atoms with Crippen molar-refractivity contribution in [3.63, 3.8) is 0 Å². The van der Waals surface area contributed by atoms with Crippen LogP contribution >= 0.6 is 11.3 Å². The Labute approximate surface area is 118 Å². The predicted octanol–water partition coefficient (Wildman–Crippen LogP) is 3.12. The van der Waals surface area contributed by atoms with Gasteiger partial charge in [-0.25, -0.2) is 4.98 Å². The van der Waals surface area contributed by atoms with E-state index < -0.39 is 0 Å². The molecule has 4 nitrogen and oxygen atoms in total. The molecule has 0 amide bonds. The van der Waals surface area contributed by atoms with Gasteiger partial charge in [0.05, 0.1) is 18.3 Å². The highest BCUT2D eigenvalue weighted by molar-refractivity contribution is 7.07. The van der Waals surface area contributed by atoms with Gasteiger partial charge in [0, 0.05) is 19.9 Å². The van der Waals surface area contributed by atoms with Gasteiger partial charge >= 0.3 is 0 Å². The minimum Gasteiger partial charge on any atom is -0.383 e. The fourth-order valence-electron chi connectivity index (χ4n) is 2.06. The van der Waals surface area contributed by atoms with E-state index in [9.17, 15) is 0 Å². The van der Waals surface area contributed by atoms with Crippen molar-refractivity contribution >= 4 is 17.3 Å². The predicted molar refractivity (Wildman–Crippen MR) is 80.1 cm³/mol. The monoisotopic (exact) mass is 279 g/mol. The van der Waals surface area contributed by atoms with Crippen molar-refractivity contribution in [1.29, 1.82) is 0 Å². The van der Waals surface area contributed by atoms with Gasteiger partial charge in [0.2, 0.25) is 5.95 Å². The van der Waals surface area contributed by atoms with Crippen molar-refractivity contribution in [2.45, 2.75) is 26.3 Å². The van der Waals surface area contributed by atoms with Gasteiger partial charge in [-0.1, -0.05) is 0 Å². The van der Waals surface area contributed by atoms with Crippen molar-refractivity contribution < 1.29 is 4.74 Å². The third-order valence-corrected chi connectivity index (χ3v) is 3.74. The lowest BCUT2D eigenvalue weighted by Crippen LogP contribution is -2.15. The highest BCUT2D eigenvalue weighted by Gasteiger charge is 2.11. The third kappa shape index (κ3) is 3.81. The van der Waals surface area contributed by atoms with E-state index in [-0.39, 0.29) is 6.04 Å². The molecule has 0 aliphatic heterocycles.